The molecule has 2 rings (SSSR count). The van der Waals surface area contributed by atoms with E-state index in [0.717, 1.165) is 6.54 Å². The van der Waals surface area contributed by atoms with Gasteiger partial charge >= 0.3 is 0 Å². The van der Waals surface area contributed by atoms with Crippen LogP contribution in [0.3, 0.4) is 0 Å². The summed E-state index contributed by atoms with van der Waals surface area (Å²) in [4.78, 5) is 5.36. The summed E-state index contributed by atoms with van der Waals surface area (Å²) in [5.41, 5.74) is 1.33. The van der Waals surface area contributed by atoms with Gasteiger partial charge in [-0.2, -0.15) is 0 Å². The molecule has 39 valence electrons. The Morgan fingerprint density at radius 3 is 3.62 bits per heavy atom. The van der Waals surface area contributed by atoms with Crippen LogP contribution in [-0.4, -0.2) is 6.21 Å². The summed E-state index contributed by atoms with van der Waals surface area (Å²) in [6.45, 7) is 0.870. The fraction of sp³-hybridized carbons (Fsp3) is 0.167. The SMILES string of the molecule is [c]1cc2c(s1)C=NC2. The predicted molar refractivity (Wildman–Crippen MR) is 34.5 cm³/mol. The highest BCUT2D eigenvalue weighted by Crippen LogP contribution is 2.18. The Kier molecular flexibility index (Phi) is 0.758. The number of rotatable bonds is 0. The van der Waals surface area contributed by atoms with Gasteiger partial charge in [0.05, 0.1) is 11.4 Å². The summed E-state index contributed by atoms with van der Waals surface area (Å²) in [5, 5.41) is 3.05. The minimum Gasteiger partial charge on any atom is -0.287 e. The monoisotopic (exact) mass is 122 g/mol. The van der Waals surface area contributed by atoms with Crippen molar-refractivity contribution < 1.29 is 0 Å². The van der Waals surface area contributed by atoms with Crippen molar-refractivity contribution in [1.29, 1.82) is 0 Å². The van der Waals surface area contributed by atoms with Crippen molar-refractivity contribution in [2.45, 2.75) is 6.54 Å². The molecule has 0 fully saturated rings. The molecule has 8 heavy (non-hydrogen) atoms. The molecule has 0 bridgehead atoms. The molecule has 1 radical (unpaired) electrons. The van der Waals surface area contributed by atoms with Gasteiger partial charge in [-0.1, -0.05) is 0 Å². The van der Waals surface area contributed by atoms with E-state index in [1.165, 1.54) is 10.4 Å². The summed E-state index contributed by atoms with van der Waals surface area (Å²) in [5.74, 6) is 0. The summed E-state index contributed by atoms with van der Waals surface area (Å²) in [6, 6.07) is 2.01. The molecule has 0 amide bonds. The van der Waals surface area contributed by atoms with Gasteiger partial charge in [-0.25, -0.2) is 0 Å². The van der Waals surface area contributed by atoms with E-state index in [2.05, 4.69) is 10.4 Å². The van der Waals surface area contributed by atoms with E-state index in [0.29, 0.717) is 0 Å². The first-order chi connectivity index (χ1) is 3.97. The summed E-state index contributed by atoms with van der Waals surface area (Å²) in [7, 11) is 0. The number of thiophene rings is 1. The average molecular weight is 122 g/mol. The van der Waals surface area contributed by atoms with Gasteiger partial charge in [0, 0.05) is 11.6 Å². The molecule has 2 heteroatoms. The minimum absolute atomic E-state index is 0.870. The first kappa shape index (κ1) is 4.27. The second-order valence-electron chi connectivity index (χ2n) is 1.72. The van der Waals surface area contributed by atoms with Crippen molar-refractivity contribution in [2.24, 2.45) is 4.99 Å². The van der Waals surface area contributed by atoms with Crippen molar-refractivity contribution in [1.82, 2.24) is 0 Å². The highest BCUT2D eigenvalue weighted by molar-refractivity contribution is 7.11. The lowest BCUT2D eigenvalue weighted by Crippen LogP contribution is -1.68. The maximum atomic E-state index is 4.08. The van der Waals surface area contributed by atoms with E-state index >= 15 is 0 Å². The topological polar surface area (TPSA) is 12.4 Å². The van der Waals surface area contributed by atoms with Crippen LogP contribution in [0, 0.1) is 5.38 Å². The molecule has 2 heterocycles. The highest BCUT2D eigenvalue weighted by Gasteiger charge is 2.04. The van der Waals surface area contributed by atoms with Gasteiger partial charge < -0.3 is 0 Å². The van der Waals surface area contributed by atoms with E-state index in [1.807, 2.05) is 12.3 Å². The third kappa shape index (κ3) is 0.434. The quantitative estimate of drug-likeness (QED) is 0.494. The van der Waals surface area contributed by atoms with Crippen LogP contribution in [0.4, 0.5) is 0 Å². The zero-order valence-electron chi connectivity index (χ0n) is 4.22. The zero-order chi connectivity index (χ0) is 5.40. The van der Waals surface area contributed by atoms with Crippen LogP contribution in [0.2, 0.25) is 0 Å². The second-order valence-corrected chi connectivity index (χ2v) is 2.60. The van der Waals surface area contributed by atoms with E-state index < -0.39 is 0 Å². The third-order valence-corrected chi connectivity index (χ3v) is 2.01. The summed E-state index contributed by atoms with van der Waals surface area (Å²) < 4.78 is 0. The molecule has 1 nitrogen and oxygen atoms in total. The smallest absolute Gasteiger partial charge is 0.0655 e. The van der Waals surface area contributed by atoms with Gasteiger partial charge in [0.25, 0.3) is 0 Å². The zero-order valence-corrected chi connectivity index (χ0v) is 5.03. The third-order valence-electron chi connectivity index (χ3n) is 1.19. The predicted octanol–water partition coefficient (Wildman–Crippen LogP) is 1.48. The van der Waals surface area contributed by atoms with Crippen LogP contribution in [0.5, 0.6) is 0 Å². The minimum atomic E-state index is 0.870. The molecule has 0 aliphatic carbocycles. The maximum Gasteiger partial charge on any atom is 0.0655 e. The lowest BCUT2D eigenvalue weighted by Gasteiger charge is -1.77. The number of fused-ring (bicyclic) bond motifs is 1. The molecule has 0 saturated heterocycles. The fourth-order valence-corrected chi connectivity index (χ4v) is 1.47. The van der Waals surface area contributed by atoms with Crippen LogP contribution >= 0.6 is 11.3 Å². The van der Waals surface area contributed by atoms with E-state index in [1.54, 1.807) is 11.3 Å². The molecule has 0 aromatic carbocycles. The Morgan fingerprint density at radius 2 is 2.75 bits per heavy atom. The van der Waals surface area contributed by atoms with Gasteiger partial charge in [0.2, 0.25) is 0 Å². The lowest BCUT2D eigenvalue weighted by atomic mass is 10.3. The fourth-order valence-electron chi connectivity index (χ4n) is 0.760. The van der Waals surface area contributed by atoms with Gasteiger partial charge in [0.1, 0.15) is 0 Å². The van der Waals surface area contributed by atoms with Crippen molar-refractivity contribution in [3.05, 3.63) is 21.9 Å². The molecule has 1 aliphatic rings. The number of aliphatic imine (C=N–C) groups is 1. The van der Waals surface area contributed by atoms with Crippen LogP contribution in [-0.2, 0) is 6.54 Å². The van der Waals surface area contributed by atoms with Crippen molar-refractivity contribution in [2.75, 3.05) is 0 Å². The molecule has 0 spiro atoms. The lowest BCUT2D eigenvalue weighted by molar-refractivity contribution is 1.12. The van der Waals surface area contributed by atoms with Crippen LogP contribution < -0.4 is 0 Å². The molecule has 1 aromatic heterocycles. The second kappa shape index (κ2) is 1.42. The molecule has 0 atom stereocenters. The number of hydrogen-bond donors (Lipinski definition) is 0. The van der Waals surface area contributed by atoms with Crippen LogP contribution in [0.15, 0.2) is 11.1 Å². The maximum absolute atomic E-state index is 4.08. The normalized spacial score (nSPS) is 14.5. The summed E-state index contributed by atoms with van der Waals surface area (Å²) in [6.07, 6.45) is 1.91. The van der Waals surface area contributed by atoms with Crippen molar-refractivity contribution in [3.8, 4) is 0 Å². The molecule has 1 aliphatic heterocycles. The largest absolute Gasteiger partial charge is 0.287 e. The molecule has 1 aromatic rings. The molecular weight excluding hydrogens is 118 g/mol. The first-order valence-corrected chi connectivity index (χ1v) is 3.27. The van der Waals surface area contributed by atoms with Crippen LogP contribution in [0.1, 0.15) is 10.4 Å². The number of hydrogen-bond acceptors (Lipinski definition) is 2. The Hall–Kier alpha value is -0.630. The van der Waals surface area contributed by atoms with Gasteiger partial charge in [-0.05, 0) is 11.6 Å². The Morgan fingerprint density at radius 1 is 1.75 bits per heavy atom. The number of nitrogens with zero attached hydrogens (tertiary/aromatic N) is 1. The van der Waals surface area contributed by atoms with Crippen molar-refractivity contribution in [3.63, 3.8) is 0 Å². The van der Waals surface area contributed by atoms with E-state index in [9.17, 15) is 0 Å². The van der Waals surface area contributed by atoms with Gasteiger partial charge in [0.15, 0.2) is 0 Å². The molecular formula is C6H4NS. The summed E-state index contributed by atoms with van der Waals surface area (Å²) >= 11 is 1.64. The highest BCUT2D eigenvalue weighted by atomic mass is 32.1. The van der Waals surface area contributed by atoms with E-state index in [4.69, 9.17) is 0 Å². The van der Waals surface area contributed by atoms with E-state index in [-0.39, 0.29) is 0 Å². The Labute approximate surface area is 51.7 Å². The Bertz CT molecular complexity index is 224. The molecule has 0 N–H and O–H groups in total. The Balaban J connectivity index is 2.67. The molecule has 0 saturated carbocycles. The molecule has 0 unspecified atom stereocenters. The van der Waals surface area contributed by atoms with Gasteiger partial charge in [-0.3, -0.25) is 4.99 Å². The average Bonchev–Trinajstić information content (AvgIpc) is 2.15. The van der Waals surface area contributed by atoms with Gasteiger partial charge in [-0.15, -0.1) is 11.3 Å². The van der Waals surface area contributed by atoms with Crippen LogP contribution in [0.25, 0.3) is 0 Å². The standard InChI is InChI=1S/C6H4NS/c1-2-8-6-4-7-3-5(1)6/h1,4H,3H2. The van der Waals surface area contributed by atoms with Crippen molar-refractivity contribution >= 4 is 17.6 Å². The first-order valence-electron chi connectivity index (χ1n) is 2.45.